The van der Waals surface area contributed by atoms with Crippen LogP contribution in [0.3, 0.4) is 0 Å². The molecule has 0 radical (unpaired) electrons. The van der Waals surface area contributed by atoms with Gasteiger partial charge in [0, 0.05) is 21.7 Å². The maximum absolute atomic E-state index is 13.6. The van der Waals surface area contributed by atoms with E-state index in [1.165, 1.54) is 4.90 Å². The first-order valence-electron chi connectivity index (χ1n) is 10.8. The lowest BCUT2D eigenvalue weighted by Crippen LogP contribution is -2.32. The van der Waals surface area contributed by atoms with E-state index in [-0.39, 0.29) is 18.1 Å². The van der Waals surface area contributed by atoms with E-state index in [1.807, 2.05) is 66.7 Å². The lowest BCUT2D eigenvalue weighted by atomic mass is 10.0. The number of hydrogen-bond donors (Lipinski definition) is 1. The first-order valence-corrected chi connectivity index (χ1v) is 11.2. The predicted octanol–water partition coefficient (Wildman–Crippen LogP) is 5.89. The van der Waals surface area contributed by atoms with Crippen molar-refractivity contribution in [3.8, 4) is 5.75 Å². The van der Waals surface area contributed by atoms with E-state index in [4.69, 9.17) is 16.3 Å². The van der Waals surface area contributed by atoms with E-state index < -0.39 is 5.91 Å². The number of ether oxygens (including phenoxy) is 1. The van der Waals surface area contributed by atoms with Gasteiger partial charge in [0.15, 0.2) is 0 Å². The number of benzene rings is 4. The molecule has 0 saturated heterocycles. The molecule has 0 unspecified atom stereocenters. The Kier molecular flexibility index (Phi) is 5.78. The molecule has 0 aliphatic carbocycles. The lowest BCUT2D eigenvalue weighted by molar-refractivity contribution is -0.137. The molecule has 5 nitrogen and oxygen atoms in total. The molecule has 4 aromatic carbocycles. The van der Waals surface area contributed by atoms with Gasteiger partial charge in [-0.1, -0.05) is 78.3 Å². The number of nitrogens with zero attached hydrogens (tertiary/aromatic N) is 1. The second-order valence-electron chi connectivity index (χ2n) is 7.92. The first-order chi connectivity index (χ1) is 16.6. The van der Waals surface area contributed by atoms with Gasteiger partial charge in [-0.3, -0.25) is 14.5 Å². The molecule has 34 heavy (non-hydrogen) atoms. The highest BCUT2D eigenvalue weighted by Crippen LogP contribution is 2.34. The number of fused-ring (bicyclic) bond motifs is 1. The van der Waals surface area contributed by atoms with E-state index in [0.29, 0.717) is 21.9 Å². The van der Waals surface area contributed by atoms with Crippen molar-refractivity contribution in [1.82, 2.24) is 4.90 Å². The van der Waals surface area contributed by atoms with Crippen molar-refractivity contribution in [3.63, 3.8) is 0 Å². The number of methoxy groups -OCH3 is 1. The van der Waals surface area contributed by atoms with Gasteiger partial charge in [-0.15, -0.1) is 0 Å². The summed E-state index contributed by atoms with van der Waals surface area (Å²) < 4.78 is 5.43. The molecule has 0 spiro atoms. The van der Waals surface area contributed by atoms with Gasteiger partial charge in [0.25, 0.3) is 11.8 Å². The predicted molar refractivity (Wildman–Crippen MR) is 134 cm³/mol. The summed E-state index contributed by atoms with van der Waals surface area (Å²) >= 11 is 6.08. The van der Waals surface area contributed by atoms with Crippen LogP contribution >= 0.6 is 11.6 Å². The van der Waals surface area contributed by atoms with E-state index in [9.17, 15) is 9.59 Å². The fourth-order valence-corrected chi connectivity index (χ4v) is 4.32. The first kappa shape index (κ1) is 21.7. The highest BCUT2D eigenvalue weighted by molar-refractivity contribution is 6.37. The Morgan fingerprint density at radius 2 is 1.53 bits per heavy atom. The maximum Gasteiger partial charge on any atom is 0.278 e. The van der Waals surface area contributed by atoms with Crippen molar-refractivity contribution in [1.29, 1.82) is 0 Å². The zero-order valence-electron chi connectivity index (χ0n) is 18.4. The number of nitrogens with one attached hydrogen (secondary N) is 1. The fourth-order valence-electron chi connectivity index (χ4n) is 4.19. The minimum atomic E-state index is -0.395. The lowest BCUT2D eigenvalue weighted by Gasteiger charge is -2.17. The minimum absolute atomic E-state index is 0.0967. The van der Waals surface area contributed by atoms with Crippen LogP contribution in [0.25, 0.3) is 16.3 Å². The Hall–Kier alpha value is -4.09. The molecule has 4 aromatic rings. The second kappa shape index (κ2) is 9.04. The van der Waals surface area contributed by atoms with E-state index in [2.05, 4.69) is 5.32 Å². The normalized spacial score (nSPS) is 13.6. The number of carbonyl (C=O) groups excluding carboxylic acids is 2. The van der Waals surface area contributed by atoms with Gasteiger partial charge in [-0.25, -0.2) is 0 Å². The molecule has 0 aromatic heterocycles. The Morgan fingerprint density at radius 1 is 0.824 bits per heavy atom. The molecule has 0 bridgehead atoms. The van der Waals surface area contributed by atoms with Gasteiger partial charge in [-0.2, -0.15) is 0 Å². The molecular weight excluding hydrogens is 448 g/mol. The molecule has 168 valence electrons. The molecule has 2 amide bonds. The molecule has 1 N–H and O–H groups in total. The number of amides is 2. The van der Waals surface area contributed by atoms with Gasteiger partial charge in [0.05, 0.1) is 19.2 Å². The average molecular weight is 469 g/mol. The number of imide groups is 1. The summed E-state index contributed by atoms with van der Waals surface area (Å²) in [6, 6.07) is 28.0. The van der Waals surface area contributed by atoms with E-state index >= 15 is 0 Å². The summed E-state index contributed by atoms with van der Waals surface area (Å²) in [5.74, 6) is -0.152. The summed E-state index contributed by atoms with van der Waals surface area (Å²) in [5.41, 5.74) is 2.66. The third-order valence-electron chi connectivity index (χ3n) is 5.87. The van der Waals surface area contributed by atoms with E-state index in [1.54, 1.807) is 31.4 Å². The quantitative estimate of drug-likeness (QED) is 0.358. The molecule has 1 aliphatic rings. The maximum atomic E-state index is 13.6. The molecule has 0 fully saturated rings. The minimum Gasteiger partial charge on any atom is -0.496 e. The van der Waals surface area contributed by atoms with Gasteiger partial charge in [0.1, 0.15) is 11.4 Å². The van der Waals surface area contributed by atoms with Crippen LogP contribution in [-0.2, 0) is 16.1 Å². The van der Waals surface area contributed by atoms with Gasteiger partial charge >= 0.3 is 0 Å². The summed E-state index contributed by atoms with van der Waals surface area (Å²) in [7, 11) is 1.57. The third-order valence-corrected chi connectivity index (χ3v) is 6.12. The Labute approximate surface area is 202 Å². The van der Waals surface area contributed by atoms with Crippen LogP contribution < -0.4 is 10.1 Å². The third kappa shape index (κ3) is 3.91. The SMILES string of the molecule is COc1ccccc1CN1C(=O)C(Nc2cccc3ccccc23)=C(c2ccc(Cl)cc2)C1=O. The van der Waals surface area contributed by atoms with Gasteiger partial charge in [-0.05, 0) is 35.2 Å². The highest BCUT2D eigenvalue weighted by atomic mass is 35.5. The summed E-state index contributed by atoms with van der Waals surface area (Å²) in [4.78, 5) is 28.5. The van der Waals surface area contributed by atoms with Crippen molar-refractivity contribution in [3.05, 3.63) is 113 Å². The summed E-state index contributed by atoms with van der Waals surface area (Å²) in [6.45, 7) is 0.0967. The van der Waals surface area contributed by atoms with Crippen molar-refractivity contribution in [2.45, 2.75) is 6.54 Å². The standard InChI is InChI=1S/C28H21ClN2O3/c1-34-24-12-5-3-8-20(24)17-31-27(32)25(19-13-15-21(29)16-14-19)26(28(31)33)30-23-11-6-9-18-7-2-4-10-22(18)23/h2-16,30H,17H2,1H3. The van der Waals surface area contributed by atoms with Crippen LogP contribution in [0.1, 0.15) is 11.1 Å². The van der Waals surface area contributed by atoms with Crippen LogP contribution in [0.5, 0.6) is 5.75 Å². The molecule has 5 rings (SSSR count). The van der Waals surface area contributed by atoms with Crippen LogP contribution in [-0.4, -0.2) is 23.8 Å². The fraction of sp³-hybridized carbons (Fsp3) is 0.0714. The van der Waals surface area contributed by atoms with Gasteiger partial charge in [0.2, 0.25) is 0 Å². The van der Waals surface area contributed by atoms with Crippen molar-refractivity contribution in [2.24, 2.45) is 0 Å². The van der Waals surface area contributed by atoms with Crippen LogP contribution in [0.15, 0.2) is 96.7 Å². The Balaban J connectivity index is 1.59. The number of rotatable bonds is 6. The Morgan fingerprint density at radius 3 is 2.32 bits per heavy atom. The molecule has 0 atom stereocenters. The van der Waals surface area contributed by atoms with Crippen LogP contribution in [0, 0.1) is 0 Å². The number of hydrogen-bond acceptors (Lipinski definition) is 4. The molecule has 1 heterocycles. The number of anilines is 1. The number of carbonyl (C=O) groups is 2. The topological polar surface area (TPSA) is 58.6 Å². The van der Waals surface area contributed by atoms with Gasteiger partial charge < -0.3 is 10.1 Å². The summed E-state index contributed by atoms with van der Waals surface area (Å²) in [6.07, 6.45) is 0. The van der Waals surface area contributed by atoms with E-state index in [0.717, 1.165) is 22.0 Å². The number of para-hydroxylation sites is 1. The highest BCUT2D eigenvalue weighted by Gasteiger charge is 2.39. The van der Waals surface area contributed by atoms with Crippen molar-refractivity contribution >= 4 is 45.4 Å². The van der Waals surface area contributed by atoms with Crippen LogP contribution in [0.4, 0.5) is 5.69 Å². The zero-order chi connectivity index (χ0) is 23.7. The molecule has 1 aliphatic heterocycles. The second-order valence-corrected chi connectivity index (χ2v) is 8.35. The molecular formula is C28H21ClN2O3. The number of halogens is 1. The molecule has 6 heteroatoms. The van der Waals surface area contributed by atoms with Crippen molar-refractivity contribution in [2.75, 3.05) is 12.4 Å². The monoisotopic (exact) mass is 468 g/mol. The van der Waals surface area contributed by atoms with Crippen LogP contribution in [0.2, 0.25) is 5.02 Å². The Bertz CT molecular complexity index is 1440. The summed E-state index contributed by atoms with van der Waals surface area (Å²) in [5, 5.41) is 5.81. The smallest absolute Gasteiger partial charge is 0.278 e. The van der Waals surface area contributed by atoms with Crippen molar-refractivity contribution < 1.29 is 14.3 Å². The average Bonchev–Trinajstić information content (AvgIpc) is 3.09. The molecule has 0 saturated carbocycles. The zero-order valence-corrected chi connectivity index (χ0v) is 19.2. The largest absolute Gasteiger partial charge is 0.496 e.